The van der Waals surface area contributed by atoms with Gasteiger partial charge < -0.3 is 15.2 Å². The van der Waals surface area contributed by atoms with E-state index in [1.165, 1.54) is 0 Å². The highest BCUT2D eigenvalue weighted by Gasteiger charge is 2.03. The van der Waals surface area contributed by atoms with E-state index in [0.717, 1.165) is 10.0 Å². The molecule has 0 saturated carbocycles. The van der Waals surface area contributed by atoms with Crippen molar-refractivity contribution in [2.75, 3.05) is 19.8 Å². The second-order valence-corrected chi connectivity index (χ2v) is 4.05. The molecule has 0 radical (unpaired) electrons. The van der Waals surface area contributed by atoms with Crippen LogP contribution < -0.4 is 5.73 Å². The van der Waals surface area contributed by atoms with Gasteiger partial charge in [-0.2, -0.15) is 0 Å². The molecular weight excluding hydrogens is 274 g/mol. The quantitative estimate of drug-likeness (QED) is 0.636. The highest BCUT2D eigenvalue weighted by molar-refractivity contribution is 9.10. The van der Waals surface area contributed by atoms with Crippen LogP contribution in [0.5, 0.6) is 0 Å². The predicted molar refractivity (Wildman–Crippen MR) is 63.8 cm³/mol. The van der Waals surface area contributed by atoms with Gasteiger partial charge in [-0.15, -0.1) is 0 Å². The summed E-state index contributed by atoms with van der Waals surface area (Å²) in [5.41, 5.74) is 6.15. The Hall–Kier alpha value is -0.910. The van der Waals surface area contributed by atoms with Gasteiger partial charge in [0.1, 0.15) is 13.2 Å². The number of halogens is 1. The van der Waals surface area contributed by atoms with E-state index in [-0.39, 0.29) is 19.2 Å². The summed E-state index contributed by atoms with van der Waals surface area (Å²) in [4.78, 5) is 11.2. The van der Waals surface area contributed by atoms with E-state index in [1.54, 1.807) is 0 Å². The lowest BCUT2D eigenvalue weighted by atomic mass is 10.2. The summed E-state index contributed by atoms with van der Waals surface area (Å²) >= 11 is 3.34. The Labute approximate surface area is 103 Å². The molecule has 2 N–H and O–H groups in total. The van der Waals surface area contributed by atoms with Crippen molar-refractivity contribution in [3.05, 3.63) is 34.3 Å². The van der Waals surface area contributed by atoms with E-state index in [9.17, 15) is 4.79 Å². The van der Waals surface area contributed by atoms with Crippen molar-refractivity contribution in [1.82, 2.24) is 0 Å². The third-order valence-electron chi connectivity index (χ3n) is 1.77. The molecule has 0 bridgehead atoms. The van der Waals surface area contributed by atoms with Gasteiger partial charge in [-0.1, -0.05) is 28.1 Å². The molecule has 0 spiro atoms. The summed E-state index contributed by atoms with van der Waals surface area (Å²) in [6, 6.07) is 7.58. The predicted octanol–water partition coefficient (Wildman–Crippen LogP) is 1.47. The molecule has 0 unspecified atom stereocenters. The van der Waals surface area contributed by atoms with Gasteiger partial charge >= 0.3 is 5.97 Å². The van der Waals surface area contributed by atoms with Crippen LogP contribution in [0.4, 0.5) is 0 Å². The summed E-state index contributed by atoms with van der Waals surface area (Å²) in [6.07, 6.45) is 0. The Morgan fingerprint density at radius 1 is 1.44 bits per heavy atom. The van der Waals surface area contributed by atoms with Crippen LogP contribution in [0.1, 0.15) is 5.56 Å². The van der Waals surface area contributed by atoms with Crippen molar-refractivity contribution in [1.29, 1.82) is 0 Å². The lowest BCUT2D eigenvalue weighted by Gasteiger charge is -2.05. The molecule has 16 heavy (non-hydrogen) atoms. The summed E-state index contributed by atoms with van der Waals surface area (Å²) in [5, 5.41) is 0. The van der Waals surface area contributed by atoms with Crippen LogP contribution in [-0.2, 0) is 20.9 Å². The fourth-order valence-corrected chi connectivity index (χ4v) is 1.52. The number of carbonyl (C=O) groups is 1. The highest BCUT2D eigenvalue weighted by atomic mass is 79.9. The SMILES string of the molecule is NCCOCC(=O)OCc1cccc(Br)c1. The molecule has 0 aliphatic carbocycles. The second-order valence-electron chi connectivity index (χ2n) is 3.13. The Balaban J connectivity index is 2.26. The standard InChI is InChI=1S/C11H14BrNO3/c12-10-3-1-2-9(6-10)7-16-11(14)8-15-5-4-13/h1-3,6H,4-5,7-8,13H2. The Kier molecular flexibility index (Phi) is 6.07. The first kappa shape index (κ1) is 13.2. The first-order valence-electron chi connectivity index (χ1n) is 4.90. The van der Waals surface area contributed by atoms with Crippen LogP contribution in [0.2, 0.25) is 0 Å². The number of benzene rings is 1. The summed E-state index contributed by atoms with van der Waals surface area (Å²) in [6.45, 7) is 0.973. The molecule has 0 amide bonds. The van der Waals surface area contributed by atoms with Crippen molar-refractivity contribution in [2.24, 2.45) is 5.73 Å². The fraction of sp³-hybridized carbons (Fsp3) is 0.364. The molecule has 0 aliphatic heterocycles. The Bertz CT molecular complexity index is 344. The average molecular weight is 288 g/mol. The van der Waals surface area contributed by atoms with Crippen LogP contribution in [0.3, 0.4) is 0 Å². The third kappa shape index (κ3) is 5.25. The number of hydrogen-bond donors (Lipinski definition) is 1. The highest BCUT2D eigenvalue weighted by Crippen LogP contribution is 2.12. The van der Waals surface area contributed by atoms with Gasteiger partial charge in [-0.3, -0.25) is 0 Å². The number of ether oxygens (including phenoxy) is 2. The molecule has 0 heterocycles. The third-order valence-corrected chi connectivity index (χ3v) is 2.26. The van der Waals surface area contributed by atoms with Gasteiger partial charge in [-0.05, 0) is 17.7 Å². The molecule has 1 rings (SSSR count). The zero-order valence-corrected chi connectivity index (χ0v) is 10.4. The largest absolute Gasteiger partial charge is 0.459 e. The minimum atomic E-state index is -0.381. The maximum absolute atomic E-state index is 11.2. The van der Waals surface area contributed by atoms with E-state index >= 15 is 0 Å². The van der Waals surface area contributed by atoms with Gasteiger partial charge in [0.2, 0.25) is 0 Å². The summed E-state index contributed by atoms with van der Waals surface area (Å²) in [5.74, 6) is -0.381. The molecule has 0 atom stereocenters. The minimum absolute atomic E-state index is 0.0504. The van der Waals surface area contributed by atoms with Gasteiger partial charge in [-0.25, -0.2) is 4.79 Å². The molecule has 0 aromatic heterocycles. The van der Waals surface area contributed by atoms with Gasteiger partial charge in [0.25, 0.3) is 0 Å². The van der Waals surface area contributed by atoms with Crippen molar-refractivity contribution >= 4 is 21.9 Å². The van der Waals surface area contributed by atoms with E-state index < -0.39 is 0 Å². The molecular formula is C11H14BrNO3. The zero-order chi connectivity index (χ0) is 11.8. The van der Waals surface area contributed by atoms with E-state index in [2.05, 4.69) is 15.9 Å². The molecule has 0 saturated heterocycles. The second kappa shape index (κ2) is 7.38. The van der Waals surface area contributed by atoms with Crippen molar-refractivity contribution in [3.8, 4) is 0 Å². The smallest absolute Gasteiger partial charge is 0.332 e. The number of esters is 1. The van der Waals surface area contributed by atoms with Gasteiger partial charge in [0, 0.05) is 11.0 Å². The maximum Gasteiger partial charge on any atom is 0.332 e. The normalized spacial score (nSPS) is 10.1. The molecule has 4 nitrogen and oxygen atoms in total. The molecule has 0 fully saturated rings. The topological polar surface area (TPSA) is 61.5 Å². The van der Waals surface area contributed by atoms with Crippen LogP contribution in [-0.4, -0.2) is 25.7 Å². The molecule has 5 heteroatoms. The zero-order valence-electron chi connectivity index (χ0n) is 8.82. The fourth-order valence-electron chi connectivity index (χ4n) is 1.07. The molecule has 88 valence electrons. The van der Waals surface area contributed by atoms with E-state index in [1.807, 2.05) is 24.3 Å². The first-order chi connectivity index (χ1) is 7.72. The number of nitrogens with two attached hydrogens (primary N) is 1. The minimum Gasteiger partial charge on any atom is -0.459 e. The van der Waals surface area contributed by atoms with E-state index in [4.69, 9.17) is 15.2 Å². The van der Waals surface area contributed by atoms with Crippen LogP contribution in [0.15, 0.2) is 28.7 Å². The van der Waals surface area contributed by atoms with Crippen molar-refractivity contribution in [3.63, 3.8) is 0 Å². The van der Waals surface area contributed by atoms with Crippen LogP contribution in [0, 0.1) is 0 Å². The average Bonchev–Trinajstić information content (AvgIpc) is 2.27. The van der Waals surface area contributed by atoms with E-state index in [0.29, 0.717) is 13.2 Å². The molecule has 1 aromatic rings. The van der Waals surface area contributed by atoms with Crippen LogP contribution in [0.25, 0.3) is 0 Å². The molecule has 1 aromatic carbocycles. The van der Waals surface area contributed by atoms with Crippen LogP contribution >= 0.6 is 15.9 Å². The van der Waals surface area contributed by atoms with Crippen molar-refractivity contribution in [2.45, 2.75) is 6.61 Å². The maximum atomic E-state index is 11.2. The van der Waals surface area contributed by atoms with Gasteiger partial charge in [0.15, 0.2) is 0 Å². The summed E-state index contributed by atoms with van der Waals surface area (Å²) in [7, 11) is 0. The number of hydrogen-bond acceptors (Lipinski definition) is 4. The Morgan fingerprint density at radius 3 is 2.94 bits per heavy atom. The number of rotatable bonds is 6. The van der Waals surface area contributed by atoms with Gasteiger partial charge in [0.05, 0.1) is 6.61 Å². The monoisotopic (exact) mass is 287 g/mol. The lowest BCUT2D eigenvalue weighted by Crippen LogP contribution is -2.16. The summed E-state index contributed by atoms with van der Waals surface area (Å²) < 4.78 is 10.9. The molecule has 0 aliphatic rings. The Morgan fingerprint density at radius 2 is 2.25 bits per heavy atom. The lowest BCUT2D eigenvalue weighted by molar-refractivity contribution is -0.150. The van der Waals surface area contributed by atoms with Crippen molar-refractivity contribution < 1.29 is 14.3 Å². The number of carbonyl (C=O) groups excluding carboxylic acids is 1. The first-order valence-corrected chi connectivity index (χ1v) is 5.69.